The summed E-state index contributed by atoms with van der Waals surface area (Å²) in [6, 6.07) is 7.45. The molecule has 0 radical (unpaired) electrons. The van der Waals surface area contributed by atoms with Crippen molar-refractivity contribution in [3.63, 3.8) is 0 Å². The third kappa shape index (κ3) is 9.60. The predicted octanol–water partition coefficient (Wildman–Crippen LogP) is 2.26. The number of unbranched alkanes of at least 4 members (excludes halogenated alkanes) is 1. The Balaban J connectivity index is 1.46. The lowest BCUT2D eigenvalue weighted by molar-refractivity contribution is -0.118. The molecule has 2 amide bonds. The first-order valence-corrected chi connectivity index (χ1v) is 11.3. The molecule has 1 aliphatic heterocycles. The van der Waals surface area contributed by atoms with Gasteiger partial charge < -0.3 is 20.4 Å². The number of benzene rings is 1. The number of hydrogen-bond donors (Lipinski definition) is 2. The zero-order chi connectivity index (χ0) is 19.5. The summed E-state index contributed by atoms with van der Waals surface area (Å²) < 4.78 is 0.917. The molecule has 0 bridgehead atoms. The molecule has 1 aliphatic rings. The van der Waals surface area contributed by atoms with Crippen LogP contribution in [-0.4, -0.2) is 79.4 Å². The predicted molar refractivity (Wildman–Crippen MR) is 116 cm³/mol. The van der Waals surface area contributed by atoms with Crippen LogP contribution in [0.3, 0.4) is 0 Å². The Morgan fingerprint density at radius 1 is 1.11 bits per heavy atom. The number of thioether (sulfide) groups is 1. The topological polar surface area (TPSA) is 64.7 Å². The fourth-order valence-corrected chi connectivity index (χ4v) is 3.86. The lowest BCUT2D eigenvalue weighted by atomic mass is 10.2. The van der Waals surface area contributed by atoms with E-state index in [4.69, 9.17) is 0 Å². The van der Waals surface area contributed by atoms with Crippen molar-refractivity contribution in [1.82, 2.24) is 15.1 Å². The monoisotopic (exact) mass is 456 g/mol. The van der Waals surface area contributed by atoms with Crippen molar-refractivity contribution in [2.75, 3.05) is 63.1 Å². The maximum atomic E-state index is 11.9. The van der Waals surface area contributed by atoms with Crippen LogP contribution in [0.25, 0.3) is 0 Å². The molecule has 1 saturated heterocycles. The van der Waals surface area contributed by atoms with Crippen LogP contribution in [-0.2, 0) is 9.59 Å². The van der Waals surface area contributed by atoms with Crippen molar-refractivity contribution < 1.29 is 9.59 Å². The summed E-state index contributed by atoms with van der Waals surface area (Å²) in [7, 11) is 2.16. The number of anilines is 1. The third-order valence-electron chi connectivity index (χ3n) is 4.39. The summed E-state index contributed by atoms with van der Waals surface area (Å²) >= 11 is 4.70. The number of piperazine rings is 1. The van der Waals surface area contributed by atoms with E-state index >= 15 is 0 Å². The van der Waals surface area contributed by atoms with Gasteiger partial charge in [0.05, 0.1) is 11.5 Å². The molecule has 0 aromatic heterocycles. The number of hydrogen-bond acceptors (Lipinski definition) is 5. The molecule has 6 nitrogen and oxygen atoms in total. The van der Waals surface area contributed by atoms with Crippen molar-refractivity contribution in [1.29, 1.82) is 0 Å². The van der Waals surface area contributed by atoms with Crippen LogP contribution in [0.1, 0.15) is 12.8 Å². The van der Waals surface area contributed by atoms with Crippen LogP contribution in [0.4, 0.5) is 5.69 Å². The number of halogens is 1. The minimum absolute atomic E-state index is 0.00477. The Hall–Kier alpha value is -1.09. The van der Waals surface area contributed by atoms with Crippen molar-refractivity contribution in [2.24, 2.45) is 0 Å². The minimum Gasteiger partial charge on any atom is -0.355 e. The highest BCUT2D eigenvalue weighted by Crippen LogP contribution is 2.15. The van der Waals surface area contributed by atoms with E-state index in [1.807, 2.05) is 24.3 Å². The number of carbonyl (C=O) groups excluding carboxylic acids is 2. The first kappa shape index (κ1) is 22.2. The van der Waals surface area contributed by atoms with Crippen LogP contribution in [0.2, 0.25) is 0 Å². The number of likely N-dealkylation sites (N-methyl/N-ethyl adjacent to an activating group) is 1. The quantitative estimate of drug-likeness (QED) is 0.528. The minimum atomic E-state index is -0.0990. The van der Waals surface area contributed by atoms with E-state index in [1.54, 1.807) is 0 Å². The van der Waals surface area contributed by atoms with Crippen LogP contribution < -0.4 is 10.6 Å². The van der Waals surface area contributed by atoms with E-state index in [2.05, 4.69) is 43.4 Å². The highest BCUT2D eigenvalue weighted by atomic mass is 79.9. The molecule has 0 atom stereocenters. The molecule has 2 rings (SSSR count). The third-order valence-corrected chi connectivity index (χ3v) is 5.82. The highest BCUT2D eigenvalue weighted by molar-refractivity contribution is 9.10. The van der Waals surface area contributed by atoms with Crippen LogP contribution in [0.15, 0.2) is 28.7 Å². The first-order valence-electron chi connectivity index (χ1n) is 9.33. The molecular formula is C19H29BrN4O2S. The summed E-state index contributed by atoms with van der Waals surface area (Å²) in [6.07, 6.45) is 2.10. The van der Waals surface area contributed by atoms with Crippen LogP contribution in [0.5, 0.6) is 0 Å². The molecule has 0 spiro atoms. The van der Waals surface area contributed by atoms with Gasteiger partial charge in [-0.25, -0.2) is 0 Å². The lowest BCUT2D eigenvalue weighted by Crippen LogP contribution is -2.44. The van der Waals surface area contributed by atoms with Gasteiger partial charge in [0.1, 0.15) is 0 Å². The van der Waals surface area contributed by atoms with E-state index in [0.717, 1.165) is 55.7 Å². The number of amides is 2. The molecule has 0 aliphatic carbocycles. The Morgan fingerprint density at radius 3 is 2.59 bits per heavy atom. The number of nitrogens with one attached hydrogen (secondary N) is 2. The molecule has 0 unspecified atom stereocenters. The molecule has 1 fully saturated rings. The largest absolute Gasteiger partial charge is 0.355 e. The molecule has 8 heteroatoms. The second-order valence-corrected chi connectivity index (χ2v) is 8.65. The summed E-state index contributed by atoms with van der Waals surface area (Å²) in [4.78, 5) is 28.6. The molecular weight excluding hydrogens is 428 g/mol. The van der Waals surface area contributed by atoms with E-state index in [-0.39, 0.29) is 17.6 Å². The van der Waals surface area contributed by atoms with E-state index < -0.39 is 0 Å². The highest BCUT2D eigenvalue weighted by Gasteiger charge is 2.12. The Labute approximate surface area is 174 Å². The van der Waals surface area contributed by atoms with Gasteiger partial charge in [-0.1, -0.05) is 22.0 Å². The second kappa shape index (κ2) is 12.4. The normalized spacial score (nSPS) is 15.5. The van der Waals surface area contributed by atoms with E-state index in [0.29, 0.717) is 12.3 Å². The molecule has 1 aromatic rings. The van der Waals surface area contributed by atoms with Crippen molar-refractivity contribution in [2.45, 2.75) is 12.8 Å². The maximum absolute atomic E-state index is 11.9. The Morgan fingerprint density at radius 2 is 1.85 bits per heavy atom. The standard InChI is InChI=1S/C19H29BrN4O2S/c1-23-9-11-24(12-10-23)8-3-2-7-21-18(25)14-27-15-19(26)22-17-6-4-5-16(20)13-17/h4-6,13H,2-3,7-12,14-15H2,1H3,(H,21,25)(H,22,26). The van der Waals surface area contributed by atoms with Gasteiger partial charge in [-0.15, -0.1) is 11.8 Å². The molecule has 1 heterocycles. The first-order chi connectivity index (χ1) is 13.0. The average Bonchev–Trinajstić information content (AvgIpc) is 2.63. The van der Waals surface area contributed by atoms with E-state index in [1.165, 1.54) is 11.8 Å². The van der Waals surface area contributed by atoms with Crippen LogP contribution >= 0.6 is 27.7 Å². The van der Waals surface area contributed by atoms with Crippen molar-refractivity contribution in [3.05, 3.63) is 28.7 Å². The Bertz CT molecular complexity index is 609. The Kier molecular flexibility index (Phi) is 10.2. The van der Waals surface area contributed by atoms with Crippen molar-refractivity contribution in [3.8, 4) is 0 Å². The second-order valence-electron chi connectivity index (χ2n) is 6.75. The number of carbonyl (C=O) groups is 2. The zero-order valence-electron chi connectivity index (χ0n) is 15.9. The summed E-state index contributed by atoms with van der Waals surface area (Å²) in [5, 5.41) is 5.76. The van der Waals surface area contributed by atoms with Gasteiger partial charge in [0, 0.05) is 42.9 Å². The molecule has 0 saturated carbocycles. The average molecular weight is 457 g/mol. The number of nitrogens with zero attached hydrogens (tertiary/aromatic N) is 2. The molecule has 2 N–H and O–H groups in total. The molecule has 150 valence electrons. The van der Waals surface area contributed by atoms with Gasteiger partial charge in [-0.2, -0.15) is 0 Å². The zero-order valence-corrected chi connectivity index (χ0v) is 18.3. The maximum Gasteiger partial charge on any atom is 0.234 e. The summed E-state index contributed by atoms with van der Waals surface area (Å²) in [6.45, 7) is 6.38. The van der Waals surface area contributed by atoms with Gasteiger partial charge in [-0.05, 0) is 44.6 Å². The number of rotatable bonds is 10. The smallest absolute Gasteiger partial charge is 0.234 e. The summed E-state index contributed by atoms with van der Waals surface area (Å²) in [5.74, 6) is 0.473. The molecule has 27 heavy (non-hydrogen) atoms. The van der Waals surface area contributed by atoms with Crippen LogP contribution in [0, 0.1) is 0 Å². The fourth-order valence-electron chi connectivity index (χ4n) is 2.81. The van der Waals surface area contributed by atoms with E-state index in [9.17, 15) is 9.59 Å². The summed E-state index contributed by atoms with van der Waals surface area (Å²) in [5.41, 5.74) is 0.750. The van der Waals surface area contributed by atoms with Gasteiger partial charge in [0.2, 0.25) is 11.8 Å². The lowest BCUT2D eigenvalue weighted by Gasteiger charge is -2.32. The van der Waals surface area contributed by atoms with Gasteiger partial charge in [0.15, 0.2) is 0 Å². The van der Waals surface area contributed by atoms with Gasteiger partial charge in [0.25, 0.3) is 0 Å². The fraction of sp³-hybridized carbons (Fsp3) is 0.579. The van der Waals surface area contributed by atoms with Crippen molar-refractivity contribution >= 4 is 45.2 Å². The SMILES string of the molecule is CN1CCN(CCCCNC(=O)CSCC(=O)Nc2cccc(Br)c2)CC1. The van der Waals surface area contributed by atoms with Gasteiger partial charge in [-0.3, -0.25) is 9.59 Å². The molecule has 1 aromatic carbocycles. The van der Waals surface area contributed by atoms with Gasteiger partial charge >= 0.3 is 0 Å².